The summed E-state index contributed by atoms with van der Waals surface area (Å²) in [6, 6.07) is 15.1. The molecule has 0 spiro atoms. The zero-order valence-corrected chi connectivity index (χ0v) is 23.4. The lowest BCUT2D eigenvalue weighted by Crippen LogP contribution is -2.56. The Kier molecular flexibility index (Phi) is 7.21. The Morgan fingerprint density at radius 3 is 2.59 bits per heavy atom. The van der Waals surface area contributed by atoms with E-state index in [4.69, 9.17) is 19.4 Å². The normalized spacial score (nSPS) is 17.5. The molecule has 0 aliphatic carbocycles. The number of nitrogens with zero attached hydrogens (tertiary/aromatic N) is 6. The number of hydrogen-bond acceptors (Lipinski definition) is 8. The Morgan fingerprint density at radius 2 is 1.87 bits per heavy atom. The summed E-state index contributed by atoms with van der Waals surface area (Å²) in [4.78, 5) is 28.7. The van der Waals surface area contributed by atoms with Crippen LogP contribution < -0.4 is 14.5 Å². The highest BCUT2D eigenvalue weighted by Crippen LogP contribution is 2.36. The minimum atomic E-state index is -0.598. The molecule has 1 amide bonds. The van der Waals surface area contributed by atoms with E-state index in [9.17, 15) is 10.1 Å². The third-order valence-corrected chi connectivity index (χ3v) is 7.37. The predicted molar refractivity (Wildman–Crippen MR) is 151 cm³/mol. The first-order chi connectivity index (χ1) is 18.7. The summed E-state index contributed by atoms with van der Waals surface area (Å²) in [5, 5.41) is 12.0. The highest BCUT2D eigenvalue weighted by molar-refractivity contribution is 5.97. The van der Waals surface area contributed by atoms with Gasteiger partial charge in [-0.15, -0.1) is 0 Å². The molecule has 2 aliphatic heterocycles. The van der Waals surface area contributed by atoms with Crippen LogP contribution in [0.1, 0.15) is 44.0 Å². The molecule has 9 heteroatoms. The Balaban J connectivity index is 1.44. The second kappa shape index (κ2) is 10.6. The quantitative estimate of drug-likeness (QED) is 0.474. The highest BCUT2D eigenvalue weighted by atomic mass is 16.6. The number of nitriles is 1. The fraction of sp³-hybridized carbons (Fsp3) is 0.467. The van der Waals surface area contributed by atoms with Gasteiger partial charge in [0.15, 0.2) is 0 Å². The first kappa shape index (κ1) is 26.5. The average Bonchev–Trinajstić information content (AvgIpc) is 2.91. The molecule has 1 saturated heterocycles. The minimum absolute atomic E-state index is 0.217. The van der Waals surface area contributed by atoms with Crippen molar-refractivity contribution in [1.82, 2.24) is 14.9 Å². The van der Waals surface area contributed by atoms with Gasteiger partial charge in [0, 0.05) is 42.8 Å². The van der Waals surface area contributed by atoms with Crippen molar-refractivity contribution in [1.29, 1.82) is 5.26 Å². The number of hydrogen-bond donors (Lipinski definition) is 0. The van der Waals surface area contributed by atoms with Crippen LogP contribution in [-0.2, 0) is 17.7 Å². The predicted octanol–water partition coefficient (Wildman–Crippen LogP) is 4.85. The number of carbonyl (C=O) groups excluding carboxylic acids is 1. The fourth-order valence-electron chi connectivity index (χ4n) is 5.60. The topological polar surface area (TPSA) is 94.8 Å². The van der Waals surface area contributed by atoms with Gasteiger partial charge in [-0.1, -0.05) is 30.3 Å². The number of carbonyl (C=O) groups is 1. The summed E-state index contributed by atoms with van der Waals surface area (Å²) in [5.74, 6) is 0.831. The second-order valence-corrected chi connectivity index (χ2v) is 11.2. The van der Waals surface area contributed by atoms with Crippen molar-refractivity contribution < 1.29 is 14.3 Å². The van der Waals surface area contributed by atoms with E-state index in [1.165, 1.54) is 22.0 Å². The van der Waals surface area contributed by atoms with Crippen molar-refractivity contribution in [2.75, 3.05) is 43.1 Å². The van der Waals surface area contributed by atoms with Crippen LogP contribution >= 0.6 is 0 Å². The molecule has 9 nitrogen and oxygen atoms in total. The van der Waals surface area contributed by atoms with Crippen LogP contribution in [0.5, 0.6) is 6.01 Å². The molecule has 0 bridgehead atoms. The van der Waals surface area contributed by atoms with Gasteiger partial charge >= 0.3 is 12.1 Å². The number of benzene rings is 2. The zero-order valence-electron chi connectivity index (χ0n) is 23.4. The Bertz CT molecular complexity index is 1420. The van der Waals surface area contributed by atoms with Gasteiger partial charge in [-0.3, -0.25) is 0 Å². The van der Waals surface area contributed by atoms with E-state index in [0.29, 0.717) is 32.2 Å². The van der Waals surface area contributed by atoms with E-state index in [1.54, 1.807) is 12.0 Å². The van der Waals surface area contributed by atoms with E-state index < -0.39 is 5.60 Å². The number of aromatic nitrogens is 2. The summed E-state index contributed by atoms with van der Waals surface area (Å²) < 4.78 is 11.1. The van der Waals surface area contributed by atoms with E-state index >= 15 is 0 Å². The monoisotopic (exact) mass is 528 g/mol. The van der Waals surface area contributed by atoms with Crippen LogP contribution in [0.4, 0.5) is 16.3 Å². The number of methoxy groups -OCH3 is 1. The Morgan fingerprint density at radius 1 is 1.10 bits per heavy atom. The Hall–Kier alpha value is -4.06. The average molecular weight is 529 g/mol. The molecule has 1 fully saturated rings. The molecule has 39 heavy (non-hydrogen) atoms. The van der Waals surface area contributed by atoms with Gasteiger partial charge in [-0.2, -0.15) is 15.2 Å². The number of amides is 1. The Labute approximate surface area is 229 Å². The van der Waals surface area contributed by atoms with Gasteiger partial charge in [0.2, 0.25) is 0 Å². The lowest BCUT2D eigenvalue weighted by atomic mass is 9.99. The summed E-state index contributed by atoms with van der Waals surface area (Å²) in [5.41, 5.74) is 3.90. The lowest BCUT2D eigenvalue weighted by molar-refractivity contribution is 0.0144. The number of rotatable bonds is 4. The third kappa shape index (κ3) is 5.42. The first-order valence-corrected chi connectivity index (χ1v) is 13.5. The van der Waals surface area contributed by atoms with Crippen molar-refractivity contribution in [3.05, 3.63) is 53.2 Å². The zero-order chi connectivity index (χ0) is 27.7. The molecule has 1 atom stereocenters. The van der Waals surface area contributed by atoms with Crippen molar-refractivity contribution in [2.45, 2.75) is 58.7 Å². The lowest BCUT2D eigenvalue weighted by Gasteiger charge is -2.42. The molecule has 3 aromatic rings. The van der Waals surface area contributed by atoms with Crippen molar-refractivity contribution in [3.8, 4) is 12.1 Å². The van der Waals surface area contributed by atoms with Crippen molar-refractivity contribution >= 4 is 28.4 Å². The first-order valence-electron chi connectivity index (χ1n) is 13.5. The molecule has 2 aliphatic rings. The van der Waals surface area contributed by atoms with E-state index in [2.05, 4.69) is 59.2 Å². The molecule has 5 rings (SSSR count). The third-order valence-electron chi connectivity index (χ3n) is 7.37. The molecular formula is C30H36N6O3. The van der Waals surface area contributed by atoms with Crippen LogP contribution in [0.2, 0.25) is 0 Å². The van der Waals surface area contributed by atoms with Crippen LogP contribution in [-0.4, -0.2) is 65.9 Å². The van der Waals surface area contributed by atoms with E-state index in [1.807, 2.05) is 20.8 Å². The van der Waals surface area contributed by atoms with Gasteiger partial charge < -0.3 is 24.2 Å². The largest absolute Gasteiger partial charge is 0.467 e. The van der Waals surface area contributed by atoms with Gasteiger partial charge in [-0.25, -0.2) is 4.79 Å². The van der Waals surface area contributed by atoms with Crippen molar-refractivity contribution in [3.63, 3.8) is 0 Å². The molecule has 3 heterocycles. The maximum atomic E-state index is 12.9. The molecule has 0 radical (unpaired) electrons. The summed E-state index contributed by atoms with van der Waals surface area (Å²) in [7, 11) is 1.58. The highest BCUT2D eigenvalue weighted by Gasteiger charge is 2.36. The number of aryl methyl sites for hydroxylation is 1. The molecule has 204 valence electrons. The van der Waals surface area contributed by atoms with E-state index in [-0.39, 0.29) is 18.6 Å². The number of fused-ring (bicyclic) bond motifs is 2. The number of anilines is 2. The summed E-state index contributed by atoms with van der Waals surface area (Å²) in [6.45, 7) is 10.7. The SMILES string of the molecule is COc1nc2c(c(N3CCN(C(=O)OC(C)(C)C)[C@@H](CC#N)C3)n1)CCN(c1cccc3cccc(C)c13)C2. The second-order valence-electron chi connectivity index (χ2n) is 11.2. The fourth-order valence-corrected chi connectivity index (χ4v) is 5.60. The molecule has 0 saturated carbocycles. The molecule has 2 aromatic carbocycles. The van der Waals surface area contributed by atoms with Gasteiger partial charge in [0.05, 0.1) is 37.9 Å². The molecule has 0 unspecified atom stereocenters. The maximum absolute atomic E-state index is 12.9. The number of piperazine rings is 1. The van der Waals surface area contributed by atoms with Gasteiger partial charge in [-0.05, 0) is 51.1 Å². The standard InChI is InChI=1S/C30H36N6O3/c1-20-8-6-9-21-10-7-11-25(26(20)21)34-15-13-23-24(19-34)32-28(38-5)33-27(23)35-16-17-36(22(18-35)12-14-31)29(37)39-30(2,3)4/h6-11,22H,12-13,15-19H2,1-5H3/t22-/m0/s1. The smallest absolute Gasteiger partial charge is 0.410 e. The van der Waals surface area contributed by atoms with Gasteiger partial charge in [0.25, 0.3) is 0 Å². The van der Waals surface area contributed by atoms with Gasteiger partial charge in [0.1, 0.15) is 11.4 Å². The van der Waals surface area contributed by atoms with Crippen LogP contribution in [0.25, 0.3) is 10.8 Å². The molecule has 1 aromatic heterocycles. The minimum Gasteiger partial charge on any atom is -0.467 e. The van der Waals surface area contributed by atoms with Crippen LogP contribution in [0.3, 0.4) is 0 Å². The van der Waals surface area contributed by atoms with Crippen LogP contribution in [0, 0.1) is 18.3 Å². The molecule has 0 N–H and O–H groups in total. The summed E-state index contributed by atoms with van der Waals surface area (Å²) >= 11 is 0. The van der Waals surface area contributed by atoms with Crippen molar-refractivity contribution in [2.24, 2.45) is 0 Å². The van der Waals surface area contributed by atoms with E-state index in [0.717, 1.165) is 30.0 Å². The van der Waals surface area contributed by atoms with Crippen LogP contribution in [0.15, 0.2) is 36.4 Å². The summed E-state index contributed by atoms with van der Waals surface area (Å²) in [6.07, 6.45) is 0.617. The number of ether oxygens (including phenoxy) is 2. The maximum Gasteiger partial charge on any atom is 0.410 e. The molecular weight excluding hydrogens is 492 g/mol.